The SMILES string of the molecule is CN(C)c1ccc(CCNc2nnc(C(C)(C)N)o2)cc1.Cl.Cl. The summed E-state index contributed by atoms with van der Waals surface area (Å²) in [5, 5.41) is 11.0. The molecule has 0 atom stereocenters. The van der Waals surface area contributed by atoms with Gasteiger partial charge in [-0.3, -0.25) is 0 Å². The molecule has 0 amide bonds. The predicted octanol–water partition coefficient (Wildman–Crippen LogP) is 2.83. The fourth-order valence-corrected chi connectivity index (χ4v) is 1.83. The van der Waals surface area contributed by atoms with E-state index >= 15 is 0 Å². The van der Waals surface area contributed by atoms with E-state index in [-0.39, 0.29) is 24.8 Å². The number of hydrogen-bond acceptors (Lipinski definition) is 6. The maximum Gasteiger partial charge on any atom is 0.315 e. The first-order valence-corrected chi connectivity index (χ1v) is 6.99. The quantitative estimate of drug-likeness (QED) is 0.823. The maximum absolute atomic E-state index is 5.90. The molecule has 6 nitrogen and oxygen atoms in total. The predicted molar refractivity (Wildman–Crippen MR) is 99.0 cm³/mol. The van der Waals surface area contributed by atoms with Crippen molar-refractivity contribution >= 4 is 36.5 Å². The molecule has 0 bridgehead atoms. The molecule has 0 saturated carbocycles. The van der Waals surface area contributed by atoms with Crippen LogP contribution in [0, 0.1) is 0 Å². The summed E-state index contributed by atoms with van der Waals surface area (Å²) in [5.74, 6) is 0.431. The van der Waals surface area contributed by atoms with Crippen LogP contribution in [-0.2, 0) is 12.0 Å². The van der Waals surface area contributed by atoms with Crippen molar-refractivity contribution in [2.24, 2.45) is 5.73 Å². The first kappa shape index (κ1) is 21.5. The molecule has 8 heteroatoms. The van der Waals surface area contributed by atoms with E-state index in [1.165, 1.54) is 11.3 Å². The van der Waals surface area contributed by atoms with E-state index < -0.39 is 5.54 Å². The maximum atomic E-state index is 5.90. The molecule has 0 aliphatic carbocycles. The molecule has 0 radical (unpaired) electrons. The Morgan fingerprint density at radius 3 is 2.22 bits per heavy atom. The molecule has 0 aliphatic heterocycles. The third-order valence-corrected chi connectivity index (χ3v) is 3.12. The van der Waals surface area contributed by atoms with Crippen LogP contribution in [0.5, 0.6) is 0 Å². The Morgan fingerprint density at radius 2 is 1.74 bits per heavy atom. The van der Waals surface area contributed by atoms with Gasteiger partial charge in [-0.15, -0.1) is 29.9 Å². The molecular formula is C15H25Cl2N5O. The second kappa shape index (κ2) is 8.96. The van der Waals surface area contributed by atoms with Crippen LogP contribution in [0.25, 0.3) is 0 Å². The van der Waals surface area contributed by atoms with E-state index in [9.17, 15) is 0 Å². The van der Waals surface area contributed by atoms with Crippen LogP contribution in [-0.4, -0.2) is 30.8 Å². The van der Waals surface area contributed by atoms with Gasteiger partial charge in [-0.1, -0.05) is 17.2 Å². The van der Waals surface area contributed by atoms with Gasteiger partial charge >= 0.3 is 6.01 Å². The number of benzene rings is 1. The lowest BCUT2D eigenvalue weighted by atomic mass is 10.1. The van der Waals surface area contributed by atoms with Crippen LogP contribution in [0.2, 0.25) is 0 Å². The summed E-state index contributed by atoms with van der Waals surface area (Å²) < 4.78 is 5.47. The number of anilines is 2. The zero-order chi connectivity index (χ0) is 15.5. The molecule has 130 valence electrons. The third kappa shape index (κ3) is 6.25. The van der Waals surface area contributed by atoms with Crippen LogP contribution in [0.3, 0.4) is 0 Å². The third-order valence-electron chi connectivity index (χ3n) is 3.12. The largest absolute Gasteiger partial charge is 0.406 e. The van der Waals surface area contributed by atoms with Crippen molar-refractivity contribution in [2.45, 2.75) is 25.8 Å². The summed E-state index contributed by atoms with van der Waals surface area (Å²) in [6.45, 7) is 4.39. The molecule has 1 aromatic carbocycles. The van der Waals surface area contributed by atoms with E-state index in [0.717, 1.165) is 13.0 Å². The molecule has 2 rings (SSSR count). The minimum absolute atomic E-state index is 0. The topological polar surface area (TPSA) is 80.2 Å². The Hall–Kier alpha value is -1.50. The van der Waals surface area contributed by atoms with Gasteiger partial charge in [0, 0.05) is 26.3 Å². The van der Waals surface area contributed by atoms with Crippen LogP contribution >= 0.6 is 24.8 Å². The molecule has 1 aromatic heterocycles. The number of rotatable bonds is 6. The Bertz CT molecular complexity index is 578. The summed E-state index contributed by atoms with van der Waals surface area (Å²) >= 11 is 0. The fourth-order valence-electron chi connectivity index (χ4n) is 1.83. The van der Waals surface area contributed by atoms with E-state index in [1.807, 2.05) is 27.9 Å². The highest BCUT2D eigenvalue weighted by Gasteiger charge is 2.21. The number of nitrogens with one attached hydrogen (secondary N) is 1. The second-order valence-corrected chi connectivity index (χ2v) is 5.87. The van der Waals surface area contributed by atoms with Crippen molar-refractivity contribution in [2.75, 3.05) is 30.9 Å². The first-order valence-electron chi connectivity index (χ1n) is 6.99. The Kier molecular flexibility index (Phi) is 8.37. The van der Waals surface area contributed by atoms with Gasteiger partial charge in [0.2, 0.25) is 5.89 Å². The lowest BCUT2D eigenvalue weighted by Crippen LogP contribution is -2.29. The van der Waals surface area contributed by atoms with Gasteiger partial charge in [-0.05, 0) is 38.0 Å². The molecular weight excluding hydrogens is 337 g/mol. The molecule has 2 aromatic rings. The number of halogens is 2. The number of aromatic nitrogens is 2. The Balaban J connectivity index is 0.00000242. The summed E-state index contributed by atoms with van der Waals surface area (Å²) in [5.41, 5.74) is 7.73. The van der Waals surface area contributed by atoms with Gasteiger partial charge in [0.1, 0.15) is 0 Å². The van der Waals surface area contributed by atoms with Crippen molar-refractivity contribution < 1.29 is 4.42 Å². The zero-order valence-electron chi connectivity index (χ0n) is 13.9. The van der Waals surface area contributed by atoms with Crippen molar-refractivity contribution in [1.29, 1.82) is 0 Å². The minimum atomic E-state index is -0.616. The van der Waals surface area contributed by atoms with Gasteiger partial charge in [-0.25, -0.2) is 0 Å². The summed E-state index contributed by atoms with van der Waals surface area (Å²) in [4.78, 5) is 2.08. The molecule has 0 aliphatic rings. The molecule has 1 heterocycles. The fraction of sp³-hybridized carbons (Fsp3) is 0.467. The van der Waals surface area contributed by atoms with Gasteiger partial charge in [-0.2, -0.15) is 0 Å². The van der Waals surface area contributed by atoms with Crippen LogP contribution in [0.1, 0.15) is 25.3 Å². The molecule has 0 fully saturated rings. The number of nitrogens with two attached hydrogens (primary N) is 1. The van der Waals surface area contributed by atoms with Crippen molar-refractivity contribution in [3.05, 3.63) is 35.7 Å². The van der Waals surface area contributed by atoms with Gasteiger partial charge in [0.15, 0.2) is 0 Å². The molecule has 3 N–H and O–H groups in total. The molecule has 23 heavy (non-hydrogen) atoms. The van der Waals surface area contributed by atoms with Gasteiger partial charge in [0.25, 0.3) is 0 Å². The van der Waals surface area contributed by atoms with Crippen molar-refractivity contribution in [1.82, 2.24) is 10.2 Å². The van der Waals surface area contributed by atoms with E-state index in [4.69, 9.17) is 10.2 Å². The van der Waals surface area contributed by atoms with Crippen LogP contribution in [0.15, 0.2) is 28.7 Å². The van der Waals surface area contributed by atoms with E-state index in [2.05, 4.69) is 44.7 Å². The van der Waals surface area contributed by atoms with Gasteiger partial charge in [0.05, 0.1) is 5.54 Å². The molecule has 0 saturated heterocycles. The van der Waals surface area contributed by atoms with Crippen molar-refractivity contribution in [3.8, 4) is 0 Å². The lowest BCUT2D eigenvalue weighted by Gasteiger charge is -2.12. The van der Waals surface area contributed by atoms with Gasteiger partial charge < -0.3 is 20.4 Å². The smallest absolute Gasteiger partial charge is 0.315 e. The van der Waals surface area contributed by atoms with Crippen molar-refractivity contribution in [3.63, 3.8) is 0 Å². The molecule has 0 unspecified atom stereocenters. The number of nitrogens with zero attached hydrogens (tertiary/aromatic N) is 3. The van der Waals surface area contributed by atoms with Crippen LogP contribution in [0.4, 0.5) is 11.7 Å². The monoisotopic (exact) mass is 361 g/mol. The summed E-state index contributed by atoms with van der Waals surface area (Å²) in [7, 11) is 4.06. The van der Waals surface area contributed by atoms with E-state index in [1.54, 1.807) is 0 Å². The van der Waals surface area contributed by atoms with Crippen LogP contribution < -0.4 is 16.0 Å². The normalized spacial score (nSPS) is 10.5. The average Bonchev–Trinajstić information content (AvgIpc) is 2.88. The summed E-state index contributed by atoms with van der Waals surface area (Å²) in [6, 6.07) is 8.88. The highest BCUT2D eigenvalue weighted by Crippen LogP contribution is 2.17. The number of hydrogen-bond donors (Lipinski definition) is 2. The average molecular weight is 362 g/mol. The second-order valence-electron chi connectivity index (χ2n) is 5.87. The summed E-state index contributed by atoms with van der Waals surface area (Å²) in [6.07, 6.45) is 0.886. The first-order chi connectivity index (χ1) is 9.86. The minimum Gasteiger partial charge on any atom is -0.406 e. The highest BCUT2D eigenvalue weighted by atomic mass is 35.5. The lowest BCUT2D eigenvalue weighted by molar-refractivity contribution is 0.384. The Labute approximate surface area is 149 Å². The van der Waals surface area contributed by atoms with E-state index in [0.29, 0.717) is 11.9 Å². The molecule has 0 spiro atoms. The zero-order valence-corrected chi connectivity index (χ0v) is 15.5. The standard InChI is InChI=1S/C15H23N5O.2ClH/c1-15(2,16)13-18-19-14(21-13)17-10-9-11-5-7-12(8-6-11)20(3)4;;/h5-8H,9-10,16H2,1-4H3,(H,17,19);2*1H. The Morgan fingerprint density at radius 1 is 1.13 bits per heavy atom. The highest BCUT2D eigenvalue weighted by molar-refractivity contribution is 5.85.